The molecule has 5 N–H and O–H groups in total. The molecule has 0 unspecified atom stereocenters. The number of nitrogens with one attached hydrogen (secondary N) is 2. The predicted molar refractivity (Wildman–Crippen MR) is 75.1 cm³/mol. The lowest BCUT2D eigenvalue weighted by Gasteiger charge is -2.24. The van der Waals surface area contributed by atoms with Gasteiger partial charge in [-0.25, -0.2) is 15.8 Å². The number of anilines is 2. The summed E-state index contributed by atoms with van der Waals surface area (Å²) in [5.74, 6) is 5.28. The van der Waals surface area contributed by atoms with Gasteiger partial charge in [0.25, 0.3) is 0 Å². The van der Waals surface area contributed by atoms with Gasteiger partial charge in [-0.1, -0.05) is 13.8 Å². The average molecular weight is 284 g/mol. The zero-order valence-corrected chi connectivity index (χ0v) is 11.6. The highest BCUT2D eigenvalue weighted by Crippen LogP contribution is 2.30. The molecule has 1 aromatic rings. The van der Waals surface area contributed by atoms with Crippen molar-refractivity contribution >= 4 is 17.3 Å². The Kier molecular flexibility index (Phi) is 5.59. The summed E-state index contributed by atoms with van der Waals surface area (Å²) < 4.78 is 0. The molecule has 0 aliphatic carbocycles. The summed E-state index contributed by atoms with van der Waals surface area (Å²) in [4.78, 5) is 18.1. The first-order chi connectivity index (χ1) is 9.41. The van der Waals surface area contributed by atoms with E-state index < -0.39 is 4.92 Å². The second-order valence-electron chi connectivity index (χ2n) is 5.17. The molecule has 0 atom stereocenters. The summed E-state index contributed by atoms with van der Waals surface area (Å²) in [6, 6.07) is 0. The number of aliphatic hydroxyl groups excluding tert-OH is 1. The van der Waals surface area contributed by atoms with Crippen molar-refractivity contribution in [2.75, 3.05) is 23.9 Å². The summed E-state index contributed by atoms with van der Waals surface area (Å²) in [6.07, 6.45) is 2.67. The van der Waals surface area contributed by atoms with E-state index >= 15 is 0 Å². The van der Waals surface area contributed by atoms with Crippen molar-refractivity contribution in [2.45, 2.75) is 26.7 Å². The molecule has 0 aliphatic rings. The Balaban J connectivity index is 2.85. The number of hydrazine groups is 1. The molecule has 1 rings (SSSR count). The summed E-state index contributed by atoms with van der Waals surface area (Å²) in [5, 5.41) is 22.9. The molecule has 9 heteroatoms. The maximum Gasteiger partial charge on any atom is 0.354 e. The summed E-state index contributed by atoms with van der Waals surface area (Å²) in [7, 11) is 0. The summed E-state index contributed by atoms with van der Waals surface area (Å²) >= 11 is 0. The van der Waals surface area contributed by atoms with Gasteiger partial charge in [0.2, 0.25) is 11.6 Å². The standard InChI is InChI=1S/C11H20N6O3/c1-11(2,4-3-5-18)6-13-9-8(17(19)20)10(16-12)15-7-14-9/h7,18H,3-6,12H2,1-2H3,(H2,13,14,15,16). The van der Waals surface area contributed by atoms with E-state index in [0.717, 1.165) is 6.42 Å². The van der Waals surface area contributed by atoms with Gasteiger partial charge in [-0.3, -0.25) is 10.1 Å². The van der Waals surface area contributed by atoms with Crippen LogP contribution in [-0.2, 0) is 0 Å². The van der Waals surface area contributed by atoms with Gasteiger partial charge in [-0.2, -0.15) is 0 Å². The van der Waals surface area contributed by atoms with Gasteiger partial charge in [-0.05, 0) is 18.3 Å². The van der Waals surface area contributed by atoms with Crippen molar-refractivity contribution in [3.63, 3.8) is 0 Å². The lowest BCUT2D eigenvalue weighted by molar-refractivity contribution is -0.383. The van der Waals surface area contributed by atoms with Gasteiger partial charge in [0, 0.05) is 13.2 Å². The number of nitrogens with zero attached hydrogens (tertiary/aromatic N) is 3. The zero-order chi connectivity index (χ0) is 15.2. The minimum Gasteiger partial charge on any atom is -0.396 e. The van der Waals surface area contributed by atoms with Gasteiger partial charge in [0.15, 0.2) is 0 Å². The number of hydrogen-bond donors (Lipinski definition) is 4. The van der Waals surface area contributed by atoms with Crippen LogP contribution in [-0.4, -0.2) is 33.1 Å². The Morgan fingerprint density at radius 3 is 2.65 bits per heavy atom. The van der Waals surface area contributed by atoms with Crippen LogP contribution in [0.1, 0.15) is 26.7 Å². The lowest BCUT2D eigenvalue weighted by atomic mass is 9.88. The van der Waals surface area contributed by atoms with Crippen LogP contribution in [0.2, 0.25) is 0 Å². The normalized spacial score (nSPS) is 11.2. The lowest BCUT2D eigenvalue weighted by Crippen LogP contribution is -2.24. The molecule has 0 saturated heterocycles. The fourth-order valence-electron chi connectivity index (χ4n) is 1.76. The van der Waals surface area contributed by atoms with E-state index in [4.69, 9.17) is 10.9 Å². The number of nitrogen functional groups attached to an aromatic ring is 1. The second-order valence-corrected chi connectivity index (χ2v) is 5.17. The van der Waals surface area contributed by atoms with E-state index in [1.54, 1.807) is 0 Å². The molecule has 20 heavy (non-hydrogen) atoms. The maximum atomic E-state index is 11.1. The third-order valence-electron chi connectivity index (χ3n) is 2.89. The number of aromatic nitrogens is 2. The molecule has 0 saturated carbocycles. The molecular formula is C11H20N6O3. The molecule has 1 heterocycles. The molecule has 0 aliphatic heterocycles. The van der Waals surface area contributed by atoms with Crippen molar-refractivity contribution in [1.29, 1.82) is 0 Å². The fraction of sp³-hybridized carbons (Fsp3) is 0.636. The minimum absolute atomic E-state index is 0.0411. The predicted octanol–water partition coefficient (Wildman–Crippen LogP) is 0.881. The highest BCUT2D eigenvalue weighted by atomic mass is 16.6. The summed E-state index contributed by atoms with van der Waals surface area (Å²) in [5.41, 5.74) is 1.77. The number of aliphatic hydroxyl groups is 1. The van der Waals surface area contributed by atoms with Crippen LogP contribution in [0, 0.1) is 15.5 Å². The molecule has 1 aromatic heterocycles. The Morgan fingerprint density at radius 2 is 2.10 bits per heavy atom. The SMILES string of the molecule is CC(C)(CCCO)CNc1ncnc(NN)c1[N+](=O)[O-]. The van der Waals surface area contributed by atoms with Crippen LogP contribution in [0.25, 0.3) is 0 Å². The van der Waals surface area contributed by atoms with Crippen LogP contribution in [0.3, 0.4) is 0 Å². The summed E-state index contributed by atoms with van der Waals surface area (Å²) in [6.45, 7) is 4.61. The van der Waals surface area contributed by atoms with Gasteiger partial charge in [0.05, 0.1) is 4.92 Å². The topological polar surface area (TPSA) is 139 Å². The fourth-order valence-corrected chi connectivity index (χ4v) is 1.76. The van der Waals surface area contributed by atoms with Crippen LogP contribution in [0.15, 0.2) is 6.33 Å². The Morgan fingerprint density at radius 1 is 1.45 bits per heavy atom. The molecule has 0 amide bonds. The molecule has 0 radical (unpaired) electrons. The second kappa shape index (κ2) is 6.96. The number of nitro groups is 1. The van der Waals surface area contributed by atoms with E-state index in [-0.39, 0.29) is 29.3 Å². The van der Waals surface area contributed by atoms with Crippen molar-refractivity contribution in [2.24, 2.45) is 11.3 Å². The van der Waals surface area contributed by atoms with Crippen molar-refractivity contribution in [3.05, 3.63) is 16.4 Å². The molecule has 9 nitrogen and oxygen atoms in total. The molecule has 0 aromatic carbocycles. The highest BCUT2D eigenvalue weighted by molar-refractivity contribution is 5.68. The van der Waals surface area contributed by atoms with Crippen LogP contribution < -0.4 is 16.6 Å². The van der Waals surface area contributed by atoms with Gasteiger partial charge in [0.1, 0.15) is 6.33 Å². The third kappa shape index (κ3) is 4.28. The van der Waals surface area contributed by atoms with Crippen molar-refractivity contribution in [1.82, 2.24) is 9.97 Å². The Labute approximate surface area is 116 Å². The van der Waals surface area contributed by atoms with E-state index in [2.05, 4.69) is 20.7 Å². The molecular weight excluding hydrogens is 264 g/mol. The third-order valence-corrected chi connectivity index (χ3v) is 2.89. The van der Waals surface area contributed by atoms with E-state index in [1.807, 2.05) is 13.8 Å². The smallest absolute Gasteiger partial charge is 0.354 e. The average Bonchev–Trinajstić information content (AvgIpc) is 2.42. The van der Waals surface area contributed by atoms with E-state index in [1.165, 1.54) is 6.33 Å². The van der Waals surface area contributed by atoms with E-state index in [0.29, 0.717) is 13.0 Å². The van der Waals surface area contributed by atoms with Crippen LogP contribution in [0.4, 0.5) is 17.3 Å². The quantitative estimate of drug-likeness (QED) is 0.313. The molecule has 0 spiro atoms. The number of rotatable bonds is 8. The first kappa shape index (κ1) is 16.1. The maximum absolute atomic E-state index is 11.1. The first-order valence-corrected chi connectivity index (χ1v) is 6.22. The molecule has 0 fully saturated rings. The zero-order valence-electron chi connectivity index (χ0n) is 11.6. The van der Waals surface area contributed by atoms with Crippen molar-refractivity contribution < 1.29 is 10.0 Å². The molecule has 0 bridgehead atoms. The number of hydrogen-bond acceptors (Lipinski definition) is 8. The number of nitrogens with two attached hydrogens (primary N) is 1. The van der Waals surface area contributed by atoms with Crippen LogP contribution >= 0.6 is 0 Å². The monoisotopic (exact) mass is 284 g/mol. The minimum atomic E-state index is -0.585. The Bertz CT molecular complexity index is 465. The van der Waals surface area contributed by atoms with Crippen LogP contribution in [0.5, 0.6) is 0 Å². The largest absolute Gasteiger partial charge is 0.396 e. The van der Waals surface area contributed by atoms with Gasteiger partial charge >= 0.3 is 5.69 Å². The Hall–Kier alpha value is -2.00. The van der Waals surface area contributed by atoms with Gasteiger partial charge < -0.3 is 15.8 Å². The van der Waals surface area contributed by atoms with Gasteiger partial charge in [-0.15, -0.1) is 0 Å². The highest BCUT2D eigenvalue weighted by Gasteiger charge is 2.24. The van der Waals surface area contributed by atoms with Crippen molar-refractivity contribution in [3.8, 4) is 0 Å². The first-order valence-electron chi connectivity index (χ1n) is 6.22. The van der Waals surface area contributed by atoms with E-state index in [9.17, 15) is 10.1 Å². The molecule has 112 valence electrons.